The van der Waals surface area contributed by atoms with Crippen LogP contribution < -0.4 is 5.32 Å². The molecule has 0 saturated heterocycles. The van der Waals surface area contributed by atoms with Crippen LogP contribution in [0.3, 0.4) is 0 Å². The van der Waals surface area contributed by atoms with Crippen molar-refractivity contribution in [3.63, 3.8) is 0 Å². The molecule has 3 fully saturated rings. The van der Waals surface area contributed by atoms with Gasteiger partial charge in [0, 0.05) is 30.5 Å². The van der Waals surface area contributed by atoms with E-state index in [-0.39, 0.29) is 58.4 Å². The summed E-state index contributed by atoms with van der Waals surface area (Å²) in [6.45, 7) is 2.10. The highest BCUT2D eigenvalue weighted by Crippen LogP contribution is 2.59. The zero-order valence-corrected chi connectivity index (χ0v) is 19.9. The molecule has 0 radical (unpaired) electrons. The van der Waals surface area contributed by atoms with Crippen molar-refractivity contribution in [1.82, 2.24) is 0 Å². The van der Waals surface area contributed by atoms with Crippen LogP contribution in [0.25, 0.3) is 0 Å². The molecular weight excluding hydrogens is 495 g/mol. The summed E-state index contributed by atoms with van der Waals surface area (Å²) in [5.74, 6) is -5.83. The molecule has 1 amide bonds. The molecule has 2 aromatic carbocycles. The topological polar surface area (TPSA) is 92.7 Å². The number of aliphatic hydroxyl groups is 1. The first-order valence-electron chi connectivity index (χ1n) is 10.6. The number of carbonyl (C=O) groups is 1. The van der Waals surface area contributed by atoms with Crippen LogP contribution in [0, 0.1) is 35.2 Å². The molecule has 2 unspecified atom stereocenters. The molecule has 34 heavy (non-hydrogen) atoms. The van der Waals surface area contributed by atoms with Crippen LogP contribution in [0.4, 0.5) is 18.9 Å². The first-order valence-corrected chi connectivity index (χ1v) is 12.5. The highest BCUT2D eigenvalue weighted by Gasteiger charge is 2.64. The normalized spacial score (nSPS) is 28.3. The van der Waals surface area contributed by atoms with Gasteiger partial charge in [-0.1, -0.05) is 18.5 Å². The smallest absolute Gasteiger partial charge is 0.255 e. The van der Waals surface area contributed by atoms with Crippen LogP contribution >= 0.6 is 11.6 Å². The summed E-state index contributed by atoms with van der Waals surface area (Å²) in [6, 6.07) is 4.85. The second-order valence-corrected chi connectivity index (χ2v) is 11.6. The van der Waals surface area contributed by atoms with E-state index in [1.165, 1.54) is 19.2 Å². The summed E-state index contributed by atoms with van der Waals surface area (Å²) in [7, 11) is -2.48. The van der Waals surface area contributed by atoms with Crippen molar-refractivity contribution in [3.8, 4) is 0 Å². The number of fused-ring (bicyclic) bond motifs is 2. The zero-order valence-electron chi connectivity index (χ0n) is 18.3. The molecule has 0 heterocycles. The molecule has 2 bridgehead atoms. The molecule has 2 atom stereocenters. The third-order valence-electron chi connectivity index (χ3n) is 7.14. The number of hydrogen-bond acceptors (Lipinski definition) is 5. The fourth-order valence-electron chi connectivity index (χ4n) is 5.42. The van der Waals surface area contributed by atoms with E-state index in [1.54, 1.807) is 0 Å². The summed E-state index contributed by atoms with van der Waals surface area (Å²) >= 11 is 6.18. The number of nitrogens with one attached hydrogen (secondary N) is 1. The van der Waals surface area contributed by atoms with E-state index in [0.29, 0.717) is 12.1 Å². The van der Waals surface area contributed by atoms with Crippen molar-refractivity contribution in [2.75, 3.05) is 19.0 Å². The number of ether oxygens (including phenoxy) is 1. The van der Waals surface area contributed by atoms with E-state index in [1.807, 2.05) is 6.92 Å². The molecule has 2 aromatic rings. The lowest BCUT2D eigenvalue weighted by Crippen LogP contribution is -2.68. The lowest BCUT2D eigenvalue weighted by Gasteiger charge is -2.62. The Morgan fingerprint density at radius 2 is 1.76 bits per heavy atom. The Morgan fingerprint density at radius 1 is 1.18 bits per heavy atom. The lowest BCUT2D eigenvalue weighted by molar-refractivity contribution is -0.237. The zero-order chi connectivity index (χ0) is 25.0. The Labute approximate surface area is 200 Å². The molecule has 3 aliphatic carbocycles. The maximum Gasteiger partial charge on any atom is 0.255 e. The Hall–Kier alpha value is -2.14. The number of methoxy groups -OCH3 is 1. The van der Waals surface area contributed by atoms with Gasteiger partial charge in [-0.15, -0.1) is 0 Å². The second kappa shape index (κ2) is 8.82. The molecule has 0 aromatic heterocycles. The Bertz CT molecular complexity index is 1220. The largest absolute Gasteiger partial charge is 0.387 e. The van der Waals surface area contributed by atoms with Crippen LogP contribution in [0.2, 0.25) is 5.02 Å². The second-order valence-electron chi connectivity index (χ2n) is 8.99. The number of hydrogen-bond donors (Lipinski definition) is 2. The monoisotopic (exact) mass is 517 g/mol. The molecule has 11 heteroatoms. The molecule has 2 N–H and O–H groups in total. The van der Waals surface area contributed by atoms with Gasteiger partial charge in [0.25, 0.3) is 5.91 Å². The van der Waals surface area contributed by atoms with Gasteiger partial charge in [-0.2, -0.15) is 0 Å². The van der Waals surface area contributed by atoms with Crippen molar-refractivity contribution in [2.45, 2.75) is 35.5 Å². The van der Waals surface area contributed by atoms with E-state index in [2.05, 4.69) is 5.32 Å². The SMILES string of the molecule is COC[C@]1(O)C2CC(S(=O)(=O)c3cc(C(=O)Nc4cc(F)c(F)c(F)c4)ccc3Cl)CC1[C@@H]2C. The van der Waals surface area contributed by atoms with Gasteiger partial charge in [0.05, 0.1) is 27.4 Å². The highest BCUT2D eigenvalue weighted by molar-refractivity contribution is 7.92. The van der Waals surface area contributed by atoms with Crippen LogP contribution in [0.15, 0.2) is 35.2 Å². The van der Waals surface area contributed by atoms with Crippen molar-refractivity contribution in [3.05, 3.63) is 58.4 Å². The van der Waals surface area contributed by atoms with Gasteiger partial charge in [0.2, 0.25) is 0 Å². The number of amides is 1. The Kier molecular flexibility index (Phi) is 6.48. The van der Waals surface area contributed by atoms with E-state index in [0.717, 1.165) is 6.07 Å². The third-order valence-corrected chi connectivity index (χ3v) is 9.80. The van der Waals surface area contributed by atoms with Crippen LogP contribution in [-0.2, 0) is 14.6 Å². The number of sulfone groups is 1. The minimum absolute atomic E-state index is 0.0742. The number of halogens is 4. The van der Waals surface area contributed by atoms with E-state index in [4.69, 9.17) is 16.3 Å². The Balaban J connectivity index is 1.58. The van der Waals surface area contributed by atoms with E-state index >= 15 is 0 Å². The van der Waals surface area contributed by atoms with Gasteiger partial charge in [0.1, 0.15) is 0 Å². The van der Waals surface area contributed by atoms with Gasteiger partial charge >= 0.3 is 0 Å². The number of anilines is 1. The summed E-state index contributed by atoms with van der Waals surface area (Å²) < 4.78 is 72.1. The van der Waals surface area contributed by atoms with Gasteiger partial charge in [-0.25, -0.2) is 21.6 Å². The molecule has 6 nitrogen and oxygen atoms in total. The van der Waals surface area contributed by atoms with Crippen LogP contribution in [-0.4, -0.2) is 44.0 Å². The first-order chi connectivity index (χ1) is 15.9. The fourth-order valence-corrected chi connectivity index (χ4v) is 7.77. The summed E-state index contributed by atoms with van der Waals surface area (Å²) in [5.41, 5.74) is -1.51. The number of carbonyl (C=O) groups excluding carboxylic acids is 1. The van der Waals surface area contributed by atoms with E-state index < -0.39 is 44.0 Å². The molecule has 5 rings (SSSR count). The number of benzene rings is 2. The van der Waals surface area contributed by atoms with Gasteiger partial charge in [-0.3, -0.25) is 4.79 Å². The number of rotatable bonds is 6. The van der Waals surface area contributed by atoms with Gasteiger partial charge < -0.3 is 15.2 Å². The predicted molar refractivity (Wildman–Crippen MR) is 119 cm³/mol. The van der Waals surface area contributed by atoms with Crippen LogP contribution in [0.1, 0.15) is 30.1 Å². The third kappa shape index (κ3) is 4.00. The van der Waals surface area contributed by atoms with Crippen LogP contribution in [0.5, 0.6) is 0 Å². The van der Waals surface area contributed by atoms with Gasteiger partial charge in [-0.05, 0) is 48.8 Å². The average Bonchev–Trinajstić information content (AvgIpc) is 2.78. The van der Waals surface area contributed by atoms with Crippen molar-refractivity contribution < 1.29 is 36.2 Å². The summed E-state index contributed by atoms with van der Waals surface area (Å²) in [4.78, 5) is 12.4. The first kappa shape index (κ1) is 25.0. The summed E-state index contributed by atoms with van der Waals surface area (Å²) in [5, 5.41) is 12.3. The van der Waals surface area contributed by atoms with Crippen molar-refractivity contribution in [2.24, 2.45) is 17.8 Å². The van der Waals surface area contributed by atoms with Gasteiger partial charge in [0.15, 0.2) is 27.3 Å². The highest BCUT2D eigenvalue weighted by atomic mass is 35.5. The maximum atomic E-state index is 13.4. The van der Waals surface area contributed by atoms with Crippen molar-refractivity contribution >= 4 is 33.0 Å². The standard InChI is InChI=1S/C23H23ClF3NO5S/c1-11-15-8-14(9-16(11)23(15,30)10-33-2)34(31,32)20-5-12(3-4-17(20)24)22(29)28-13-6-18(25)21(27)19(26)7-13/h3-7,11,14-16,30H,8-10H2,1-2H3,(H,28,29)/t11-,14?,15?,16?,23+. The molecule has 184 valence electrons. The Morgan fingerprint density at radius 3 is 2.32 bits per heavy atom. The summed E-state index contributed by atoms with van der Waals surface area (Å²) in [6.07, 6.45) is 0.446. The molecule has 0 spiro atoms. The van der Waals surface area contributed by atoms with E-state index in [9.17, 15) is 31.5 Å². The van der Waals surface area contributed by atoms with Crippen molar-refractivity contribution in [1.29, 1.82) is 0 Å². The average molecular weight is 518 g/mol. The maximum absolute atomic E-state index is 13.4. The minimum atomic E-state index is -3.97. The molecule has 3 aliphatic rings. The minimum Gasteiger partial charge on any atom is -0.387 e. The molecule has 0 aliphatic heterocycles. The molecule has 3 saturated carbocycles. The molecular formula is C23H23ClF3NO5S. The quantitative estimate of drug-likeness (QED) is 0.560. The lowest BCUT2D eigenvalue weighted by atomic mass is 9.48. The fraction of sp³-hybridized carbons (Fsp3) is 0.435. The predicted octanol–water partition coefficient (Wildman–Crippen LogP) is 4.21.